The van der Waals surface area contributed by atoms with Crippen LogP contribution in [-0.2, 0) is 19.1 Å². The molecule has 0 aromatic heterocycles. The van der Waals surface area contributed by atoms with E-state index in [0.29, 0.717) is 23.5 Å². The van der Waals surface area contributed by atoms with Crippen LogP contribution in [0.5, 0.6) is 0 Å². The van der Waals surface area contributed by atoms with Crippen molar-refractivity contribution in [2.24, 2.45) is 16.6 Å². The summed E-state index contributed by atoms with van der Waals surface area (Å²) in [6.45, 7) is 7.35. The van der Waals surface area contributed by atoms with Crippen molar-refractivity contribution in [2.75, 3.05) is 14.2 Å². The number of hydrogen-bond acceptors (Lipinski definition) is 6. The number of rotatable bonds is 9. The number of nitrogens with two attached hydrogens (primary N) is 1. The molecule has 0 bridgehead atoms. The fourth-order valence-electron chi connectivity index (χ4n) is 3.70. The zero-order valence-electron chi connectivity index (χ0n) is 19.5. The number of esters is 1. The number of allylic oxidation sites excluding steroid dienone is 6. The Balaban J connectivity index is 3.21. The van der Waals surface area contributed by atoms with Crippen molar-refractivity contribution in [3.8, 4) is 0 Å². The summed E-state index contributed by atoms with van der Waals surface area (Å²) in [6.07, 6.45) is 9.65. The Kier molecular flexibility index (Phi) is 10.8. The van der Waals surface area contributed by atoms with E-state index >= 15 is 0 Å². The zero-order valence-corrected chi connectivity index (χ0v) is 19.5. The summed E-state index contributed by atoms with van der Waals surface area (Å²) in [5.41, 5.74) is 7.91. The molecule has 2 unspecified atom stereocenters. The van der Waals surface area contributed by atoms with Crippen LogP contribution >= 0.6 is 0 Å². The van der Waals surface area contributed by atoms with E-state index in [1.54, 1.807) is 19.9 Å². The molecule has 1 rings (SSSR count). The molecule has 0 aromatic carbocycles. The van der Waals surface area contributed by atoms with Crippen LogP contribution in [0.3, 0.4) is 0 Å². The van der Waals surface area contributed by atoms with E-state index in [1.807, 2.05) is 19.9 Å². The van der Waals surface area contributed by atoms with E-state index in [4.69, 9.17) is 15.2 Å². The third kappa shape index (κ3) is 7.74. The highest BCUT2D eigenvalue weighted by atomic mass is 16.5. The van der Waals surface area contributed by atoms with Crippen LogP contribution < -0.4 is 5.73 Å². The van der Waals surface area contributed by atoms with Crippen molar-refractivity contribution in [3.05, 3.63) is 46.4 Å². The van der Waals surface area contributed by atoms with Crippen molar-refractivity contribution < 1.29 is 24.2 Å². The fraction of sp³-hybridized carbons (Fsp3) is 0.542. The van der Waals surface area contributed by atoms with E-state index in [2.05, 4.69) is 11.1 Å². The summed E-state index contributed by atoms with van der Waals surface area (Å²) in [5.74, 6) is -0.763. The Bertz CT molecular complexity index is 814. The molecule has 2 atom stereocenters. The van der Waals surface area contributed by atoms with Crippen molar-refractivity contribution in [2.45, 2.75) is 65.9 Å². The van der Waals surface area contributed by atoms with Crippen LogP contribution in [0.4, 0.5) is 0 Å². The van der Waals surface area contributed by atoms with Gasteiger partial charge < -0.3 is 20.3 Å². The summed E-state index contributed by atoms with van der Waals surface area (Å²) in [7, 11) is 2.95. The Morgan fingerprint density at radius 2 is 1.84 bits per heavy atom. The molecule has 31 heavy (non-hydrogen) atoms. The molecule has 1 saturated carbocycles. The molecule has 0 radical (unpaired) electrons. The van der Waals surface area contributed by atoms with Gasteiger partial charge >= 0.3 is 11.9 Å². The van der Waals surface area contributed by atoms with Gasteiger partial charge in [-0.05, 0) is 70.1 Å². The molecular formula is C24H36N2O5. The normalized spacial score (nSPS) is 22.0. The predicted molar refractivity (Wildman–Crippen MR) is 123 cm³/mol. The minimum absolute atomic E-state index is 0.0128. The molecule has 7 nitrogen and oxygen atoms in total. The van der Waals surface area contributed by atoms with Crippen molar-refractivity contribution in [1.29, 1.82) is 0 Å². The number of nitrogens with zero attached hydrogens (tertiary/aromatic N) is 1. The Labute approximate surface area is 185 Å². The first-order chi connectivity index (χ1) is 14.7. The number of carbonyl (C=O) groups is 2. The van der Waals surface area contributed by atoms with Gasteiger partial charge in [0.2, 0.25) is 0 Å². The molecule has 7 heteroatoms. The summed E-state index contributed by atoms with van der Waals surface area (Å²) in [6, 6.07) is 0. The number of aliphatic carboxylic acids is 1. The largest absolute Gasteiger partial charge is 0.490 e. The second-order valence-corrected chi connectivity index (χ2v) is 7.74. The van der Waals surface area contributed by atoms with Gasteiger partial charge in [-0.2, -0.15) is 0 Å². The third-order valence-electron chi connectivity index (χ3n) is 5.28. The number of carboxylic acids is 1. The van der Waals surface area contributed by atoms with E-state index in [-0.39, 0.29) is 29.3 Å². The molecule has 0 saturated heterocycles. The molecule has 1 aliphatic carbocycles. The van der Waals surface area contributed by atoms with E-state index in [0.717, 1.165) is 31.3 Å². The monoisotopic (exact) mass is 432 g/mol. The van der Waals surface area contributed by atoms with Gasteiger partial charge in [0.15, 0.2) is 0 Å². The number of carboxylic acid groups (broad SMARTS) is 1. The SMILES string of the molecule is CC/C=C(C)/C(=C\C=C(/C)C(=NC)/C(C(=O)O)=C(/C)N)OC1CCCC(C(=O)OC)C1. The Morgan fingerprint density at radius 1 is 1.16 bits per heavy atom. The average Bonchev–Trinajstić information content (AvgIpc) is 2.73. The summed E-state index contributed by atoms with van der Waals surface area (Å²) in [4.78, 5) is 27.7. The van der Waals surface area contributed by atoms with Crippen molar-refractivity contribution in [1.82, 2.24) is 0 Å². The molecule has 0 spiro atoms. The van der Waals surface area contributed by atoms with Gasteiger partial charge in [0.05, 0.1) is 24.8 Å². The average molecular weight is 433 g/mol. The maximum absolute atomic E-state index is 11.9. The standard InChI is InChI=1S/C24H36N2O5/c1-7-9-15(2)20(31-19-11-8-10-18(14-19)24(29)30-6)13-12-16(3)22(26-5)21(17(4)25)23(27)28/h9,12-13,18-19H,7-8,10-11,14,25H2,1-6H3,(H,27,28)/b15-9+,16-12+,20-13+,21-17+,26-22?. The van der Waals surface area contributed by atoms with Gasteiger partial charge in [-0.15, -0.1) is 0 Å². The van der Waals surface area contributed by atoms with Gasteiger partial charge in [0.1, 0.15) is 11.3 Å². The summed E-state index contributed by atoms with van der Waals surface area (Å²) in [5, 5.41) is 9.50. The number of aliphatic imine (C=N–C) groups is 1. The molecule has 3 N–H and O–H groups in total. The smallest absolute Gasteiger partial charge is 0.339 e. The second-order valence-electron chi connectivity index (χ2n) is 7.74. The highest BCUT2D eigenvalue weighted by molar-refractivity contribution is 6.26. The van der Waals surface area contributed by atoms with Gasteiger partial charge in [-0.1, -0.05) is 19.1 Å². The minimum atomic E-state index is -1.12. The van der Waals surface area contributed by atoms with Crippen LogP contribution in [0.25, 0.3) is 0 Å². The Morgan fingerprint density at radius 3 is 2.35 bits per heavy atom. The Hall–Kier alpha value is -2.83. The molecule has 0 aromatic rings. The van der Waals surface area contributed by atoms with Crippen LogP contribution in [0.15, 0.2) is 51.4 Å². The molecule has 0 aliphatic heterocycles. The number of ether oxygens (including phenoxy) is 2. The lowest BCUT2D eigenvalue weighted by atomic mass is 9.87. The molecule has 1 aliphatic rings. The van der Waals surface area contributed by atoms with E-state index in [9.17, 15) is 14.7 Å². The highest BCUT2D eigenvalue weighted by Gasteiger charge is 2.29. The molecule has 172 valence electrons. The first-order valence-electron chi connectivity index (χ1n) is 10.6. The maximum atomic E-state index is 11.9. The van der Waals surface area contributed by atoms with E-state index in [1.165, 1.54) is 14.2 Å². The number of hydrogen-bond donors (Lipinski definition) is 2. The molecule has 0 heterocycles. The number of methoxy groups -OCH3 is 1. The van der Waals surface area contributed by atoms with Crippen LogP contribution in [-0.4, -0.2) is 43.0 Å². The zero-order chi connectivity index (χ0) is 23.6. The van der Waals surface area contributed by atoms with Crippen LogP contribution in [0.2, 0.25) is 0 Å². The first kappa shape index (κ1) is 26.2. The molecule has 0 amide bonds. The number of carbonyl (C=O) groups excluding carboxylic acids is 1. The summed E-state index contributed by atoms with van der Waals surface area (Å²) >= 11 is 0. The van der Waals surface area contributed by atoms with Crippen molar-refractivity contribution >= 4 is 17.7 Å². The fourth-order valence-corrected chi connectivity index (χ4v) is 3.70. The van der Waals surface area contributed by atoms with Gasteiger partial charge in [0.25, 0.3) is 0 Å². The van der Waals surface area contributed by atoms with E-state index < -0.39 is 5.97 Å². The van der Waals surface area contributed by atoms with Crippen molar-refractivity contribution in [3.63, 3.8) is 0 Å². The summed E-state index contributed by atoms with van der Waals surface area (Å²) < 4.78 is 11.2. The molecule has 1 fully saturated rings. The quantitative estimate of drug-likeness (QED) is 0.185. The third-order valence-corrected chi connectivity index (χ3v) is 5.28. The lowest BCUT2D eigenvalue weighted by Gasteiger charge is -2.29. The lowest BCUT2D eigenvalue weighted by Crippen LogP contribution is -2.28. The molecular weight excluding hydrogens is 396 g/mol. The van der Waals surface area contributed by atoms with Gasteiger partial charge in [-0.3, -0.25) is 9.79 Å². The first-order valence-corrected chi connectivity index (χ1v) is 10.6. The maximum Gasteiger partial charge on any atom is 0.339 e. The predicted octanol–water partition coefficient (Wildman–Crippen LogP) is 4.31. The minimum Gasteiger partial charge on any atom is -0.490 e. The van der Waals surface area contributed by atoms with Crippen LogP contribution in [0.1, 0.15) is 59.8 Å². The highest BCUT2D eigenvalue weighted by Crippen LogP contribution is 2.30. The lowest BCUT2D eigenvalue weighted by molar-refractivity contribution is -0.148. The van der Waals surface area contributed by atoms with Gasteiger partial charge in [-0.25, -0.2) is 4.79 Å². The van der Waals surface area contributed by atoms with Gasteiger partial charge in [0, 0.05) is 12.7 Å². The second kappa shape index (κ2) is 12.8. The topological polar surface area (TPSA) is 111 Å². The van der Waals surface area contributed by atoms with Crippen LogP contribution in [0, 0.1) is 5.92 Å².